The number of anilines is 2. The second-order valence-corrected chi connectivity index (χ2v) is 9.88. The van der Waals surface area contributed by atoms with E-state index >= 15 is 4.39 Å². The van der Waals surface area contributed by atoms with Crippen molar-refractivity contribution < 1.29 is 23.4 Å². The molecule has 3 aromatic heterocycles. The van der Waals surface area contributed by atoms with Gasteiger partial charge in [0.15, 0.2) is 28.7 Å². The number of ether oxygens (including phenoxy) is 1. The molecule has 1 fully saturated rings. The van der Waals surface area contributed by atoms with Crippen molar-refractivity contribution in [2.75, 3.05) is 10.6 Å². The number of aliphatic hydroxyl groups excluding tert-OH is 1. The zero-order valence-corrected chi connectivity index (χ0v) is 22.1. The van der Waals surface area contributed by atoms with E-state index < -0.39 is 28.8 Å². The molecule has 5 aromatic rings. The van der Waals surface area contributed by atoms with Gasteiger partial charge in [0.2, 0.25) is 0 Å². The summed E-state index contributed by atoms with van der Waals surface area (Å²) in [7, 11) is 0. The molecule has 1 saturated carbocycles. The summed E-state index contributed by atoms with van der Waals surface area (Å²) < 4.78 is 35.5. The predicted octanol–water partition coefficient (Wildman–Crippen LogP) is 4.54. The van der Waals surface area contributed by atoms with Crippen LogP contribution < -0.4 is 20.9 Å². The fourth-order valence-corrected chi connectivity index (χ4v) is 4.87. The average molecular weight is 574 g/mol. The summed E-state index contributed by atoms with van der Waals surface area (Å²) in [5.74, 6) is -1.35. The van der Waals surface area contributed by atoms with Crippen LogP contribution in [0.15, 0.2) is 71.9 Å². The number of fused-ring (bicyclic) bond motifs is 1. The van der Waals surface area contributed by atoms with Gasteiger partial charge < -0.3 is 20.5 Å². The number of nitrogens with zero attached hydrogens (tertiary/aromatic N) is 4. The second kappa shape index (κ2) is 11.4. The smallest absolute Gasteiger partial charge is 0.286 e. The Labute approximate surface area is 237 Å². The van der Waals surface area contributed by atoms with Crippen LogP contribution in [0.1, 0.15) is 36.2 Å². The first-order valence-corrected chi connectivity index (χ1v) is 13.3. The summed E-state index contributed by atoms with van der Waals surface area (Å²) in [6, 6.07) is 10.7. The molecule has 4 N–H and O–H groups in total. The Bertz CT molecular complexity index is 1820. The molecular weight excluding hydrogens is 548 g/mol. The molecule has 214 valence electrons. The maximum Gasteiger partial charge on any atom is 0.286 e. The SMILES string of the molecule is O=C(Nc1ccc(Oc2ccnc3[nH]nc(NC4CCC(O)CC4)c23)c(F)c1)c1nccn(-c2ccc(F)cc2)c1=O. The van der Waals surface area contributed by atoms with Gasteiger partial charge in [-0.2, -0.15) is 5.10 Å². The largest absolute Gasteiger partial charge is 0.453 e. The van der Waals surface area contributed by atoms with Crippen molar-refractivity contribution >= 4 is 28.4 Å². The zero-order chi connectivity index (χ0) is 29.2. The van der Waals surface area contributed by atoms with E-state index in [-0.39, 0.29) is 23.6 Å². The van der Waals surface area contributed by atoms with Gasteiger partial charge in [-0.1, -0.05) is 0 Å². The number of rotatable bonds is 7. The average Bonchev–Trinajstić information content (AvgIpc) is 3.40. The van der Waals surface area contributed by atoms with Gasteiger partial charge in [-0.25, -0.2) is 18.7 Å². The molecule has 3 heterocycles. The van der Waals surface area contributed by atoms with Crippen LogP contribution in [0.2, 0.25) is 0 Å². The van der Waals surface area contributed by atoms with E-state index in [0.29, 0.717) is 41.1 Å². The highest BCUT2D eigenvalue weighted by Crippen LogP contribution is 2.35. The lowest BCUT2D eigenvalue weighted by atomic mass is 9.93. The minimum atomic E-state index is -0.843. The number of amides is 1. The highest BCUT2D eigenvalue weighted by molar-refractivity contribution is 6.02. The van der Waals surface area contributed by atoms with Gasteiger partial charge in [-0.05, 0) is 62.1 Å². The van der Waals surface area contributed by atoms with Gasteiger partial charge >= 0.3 is 0 Å². The van der Waals surface area contributed by atoms with Crippen molar-refractivity contribution in [3.05, 3.63) is 94.8 Å². The third-order valence-electron chi connectivity index (χ3n) is 7.03. The van der Waals surface area contributed by atoms with Crippen molar-refractivity contribution in [1.82, 2.24) is 24.7 Å². The molecule has 1 amide bonds. The molecule has 0 unspecified atom stereocenters. The number of carbonyl (C=O) groups excluding carboxylic acids is 1. The Morgan fingerprint density at radius 1 is 1.00 bits per heavy atom. The van der Waals surface area contributed by atoms with Crippen LogP contribution in [0.5, 0.6) is 11.5 Å². The summed E-state index contributed by atoms with van der Waals surface area (Å²) >= 11 is 0. The highest BCUT2D eigenvalue weighted by atomic mass is 19.1. The Balaban J connectivity index is 1.20. The van der Waals surface area contributed by atoms with Crippen LogP contribution in [-0.2, 0) is 0 Å². The lowest BCUT2D eigenvalue weighted by molar-refractivity contribution is 0.102. The van der Waals surface area contributed by atoms with Gasteiger partial charge in [0.25, 0.3) is 11.5 Å². The number of H-pyrrole nitrogens is 1. The zero-order valence-electron chi connectivity index (χ0n) is 22.1. The van der Waals surface area contributed by atoms with Crippen LogP contribution in [0.3, 0.4) is 0 Å². The van der Waals surface area contributed by atoms with E-state index in [0.717, 1.165) is 23.5 Å². The standard InChI is InChI=1S/C29H25F2N7O4/c30-16-1-6-19(7-2-16)38-14-13-32-25(29(38)41)28(40)35-18-5-10-22(21(31)15-18)42-23-11-12-33-26-24(23)27(37-36-26)34-17-3-8-20(39)9-4-17/h1-2,5-7,10-15,17,20,39H,3-4,8-9H2,(H,35,40)(H2,33,34,36,37). The molecule has 0 bridgehead atoms. The summed E-state index contributed by atoms with van der Waals surface area (Å²) in [6.45, 7) is 0. The van der Waals surface area contributed by atoms with E-state index in [1.54, 1.807) is 6.07 Å². The molecule has 42 heavy (non-hydrogen) atoms. The molecule has 0 saturated heterocycles. The third kappa shape index (κ3) is 5.54. The van der Waals surface area contributed by atoms with Crippen LogP contribution in [0.4, 0.5) is 20.3 Å². The molecular formula is C29H25F2N7O4. The lowest BCUT2D eigenvalue weighted by Crippen LogP contribution is -2.29. The Morgan fingerprint density at radius 3 is 2.55 bits per heavy atom. The molecule has 0 spiro atoms. The molecule has 1 aliphatic carbocycles. The number of aromatic nitrogens is 5. The maximum absolute atomic E-state index is 15.2. The number of hydrogen-bond acceptors (Lipinski definition) is 8. The molecule has 0 atom stereocenters. The van der Waals surface area contributed by atoms with Crippen molar-refractivity contribution in [3.8, 4) is 17.2 Å². The minimum absolute atomic E-state index is 0.0771. The Hall–Kier alpha value is -5.17. The van der Waals surface area contributed by atoms with Crippen LogP contribution >= 0.6 is 0 Å². The first kappa shape index (κ1) is 27.0. The summed E-state index contributed by atoms with van der Waals surface area (Å²) in [5, 5.41) is 23.4. The van der Waals surface area contributed by atoms with Crippen molar-refractivity contribution in [3.63, 3.8) is 0 Å². The van der Waals surface area contributed by atoms with Gasteiger partial charge in [0, 0.05) is 48.1 Å². The highest BCUT2D eigenvalue weighted by Gasteiger charge is 2.23. The quantitative estimate of drug-likeness (QED) is 0.222. The number of pyridine rings is 1. The molecule has 13 heteroatoms. The van der Waals surface area contributed by atoms with Crippen molar-refractivity contribution in [2.45, 2.75) is 37.8 Å². The van der Waals surface area contributed by atoms with Crippen LogP contribution in [0, 0.1) is 11.6 Å². The molecule has 1 aliphatic rings. The van der Waals surface area contributed by atoms with Crippen LogP contribution in [-0.4, -0.2) is 47.9 Å². The summed E-state index contributed by atoms with van der Waals surface area (Å²) in [6.07, 6.45) is 6.80. The van der Waals surface area contributed by atoms with E-state index in [1.165, 1.54) is 55.0 Å². The number of aliphatic hydroxyl groups is 1. The van der Waals surface area contributed by atoms with Gasteiger partial charge in [-0.15, -0.1) is 0 Å². The molecule has 0 aliphatic heterocycles. The van der Waals surface area contributed by atoms with Crippen LogP contribution in [0.25, 0.3) is 16.7 Å². The number of hydrogen-bond donors (Lipinski definition) is 4. The monoisotopic (exact) mass is 573 g/mol. The number of benzene rings is 2. The summed E-state index contributed by atoms with van der Waals surface area (Å²) in [5.41, 5.74) is -0.263. The molecule has 0 radical (unpaired) electrons. The van der Waals surface area contributed by atoms with Crippen molar-refractivity contribution in [2.24, 2.45) is 0 Å². The topological polar surface area (TPSA) is 147 Å². The second-order valence-electron chi connectivity index (χ2n) is 9.88. The fraction of sp³-hybridized carbons (Fsp3) is 0.207. The third-order valence-corrected chi connectivity index (χ3v) is 7.03. The summed E-state index contributed by atoms with van der Waals surface area (Å²) in [4.78, 5) is 33.9. The molecule has 6 rings (SSSR count). The van der Waals surface area contributed by atoms with Gasteiger partial charge in [0.1, 0.15) is 17.0 Å². The Kier molecular flexibility index (Phi) is 7.32. The van der Waals surface area contributed by atoms with E-state index in [1.807, 2.05) is 0 Å². The van der Waals surface area contributed by atoms with Crippen molar-refractivity contribution in [1.29, 1.82) is 0 Å². The number of halogens is 2. The normalized spacial score (nSPS) is 16.7. The van der Waals surface area contributed by atoms with Gasteiger partial charge in [0.05, 0.1) is 6.10 Å². The minimum Gasteiger partial charge on any atom is -0.453 e. The number of nitrogens with one attached hydrogen (secondary N) is 3. The van der Waals surface area contributed by atoms with Gasteiger partial charge in [-0.3, -0.25) is 19.3 Å². The molecule has 2 aromatic carbocycles. The van der Waals surface area contributed by atoms with E-state index in [4.69, 9.17) is 4.74 Å². The van der Waals surface area contributed by atoms with E-state index in [9.17, 15) is 19.1 Å². The first-order chi connectivity index (χ1) is 20.4. The number of carbonyl (C=O) groups is 1. The first-order valence-electron chi connectivity index (χ1n) is 13.3. The maximum atomic E-state index is 15.2. The lowest BCUT2D eigenvalue weighted by Gasteiger charge is -2.26. The van der Waals surface area contributed by atoms with E-state index in [2.05, 4.69) is 30.8 Å². The number of aromatic amines is 1. The fourth-order valence-electron chi connectivity index (χ4n) is 4.87. The molecule has 11 nitrogen and oxygen atoms in total. The Morgan fingerprint density at radius 2 is 1.79 bits per heavy atom. The predicted molar refractivity (Wildman–Crippen MR) is 150 cm³/mol.